The molecule has 1 aromatic heterocycles. The normalized spacial score (nSPS) is 18.0. The number of likely N-dealkylation sites (tertiary alicyclic amines) is 1. The lowest BCUT2D eigenvalue weighted by Gasteiger charge is -2.30. The van der Waals surface area contributed by atoms with E-state index in [1.165, 1.54) is 0 Å². The second-order valence-corrected chi connectivity index (χ2v) is 7.44. The number of nitrogens with zero attached hydrogens (tertiary/aromatic N) is 3. The molecule has 2 aliphatic rings. The number of hydrogen-bond acceptors (Lipinski definition) is 5. The minimum absolute atomic E-state index is 0.0780. The van der Waals surface area contributed by atoms with Crippen LogP contribution in [-0.2, 0) is 4.79 Å². The lowest BCUT2D eigenvalue weighted by Crippen LogP contribution is -2.36. The number of benzene rings is 2. The highest BCUT2D eigenvalue weighted by molar-refractivity contribution is 5.90. The van der Waals surface area contributed by atoms with E-state index in [0.29, 0.717) is 19.0 Å². The average molecular weight is 387 g/mol. The van der Waals surface area contributed by atoms with Gasteiger partial charge in [-0.25, -0.2) is 0 Å². The SMILES string of the molecule is Cc1ccc(OC2CCN(C(=O)C3c4ccccc4Oc4ccccc43)C2)nn1. The number of ether oxygens (including phenoxy) is 2. The van der Waals surface area contributed by atoms with Gasteiger partial charge in [0, 0.05) is 30.2 Å². The molecule has 1 atom stereocenters. The highest BCUT2D eigenvalue weighted by Crippen LogP contribution is 2.44. The zero-order chi connectivity index (χ0) is 19.8. The van der Waals surface area contributed by atoms with E-state index in [1.54, 1.807) is 0 Å². The minimum atomic E-state index is -0.367. The number of carbonyl (C=O) groups is 1. The topological polar surface area (TPSA) is 64.5 Å². The largest absolute Gasteiger partial charge is 0.471 e. The van der Waals surface area contributed by atoms with E-state index < -0.39 is 0 Å². The first-order valence-electron chi connectivity index (χ1n) is 9.80. The third-order valence-corrected chi connectivity index (χ3v) is 5.44. The summed E-state index contributed by atoms with van der Waals surface area (Å²) in [6.45, 7) is 3.08. The molecule has 0 bridgehead atoms. The summed E-state index contributed by atoms with van der Waals surface area (Å²) in [4.78, 5) is 15.4. The van der Waals surface area contributed by atoms with Crippen molar-refractivity contribution in [2.75, 3.05) is 13.1 Å². The van der Waals surface area contributed by atoms with Crippen LogP contribution in [0.4, 0.5) is 0 Å². The molecule has 0 N–H and O–H groups in total. The summed E-state index contributed by atoms with van der Waals surface area (Å²) >= 11 is 0. The number of amides is 1. The molecular weight excluding hydrogens is 366 g/mol. The fraction of sp³-hybridized carbons (Fsp3) is 0.261. The van der Waals surface area contributed by atoms with Crippen LogP contribution < -0.4 is 9.47 Å². The number of hydrogen-bond donors (Lipinski definition) is 0. The predicted molar refractivity (Wildman–Crippen MR) is 107 cm³/mol. The van der Waals surface area contributed by atoms with Crippen molar-refractivity contribution in [3.05, 3.63) is 77.5 Å². The van der Waals surface area contributed by atoms with Gasteiger partial charge in [-0.1, -0.05) is 36.4 Å². The Morgan fingerprint density at radius 1 is 1.00 bits per heavy atom. The average Bonchev–Trinajstić information content (AvgIpc) is 3.22. The maximum absolute atomic E-state index is 13.6. The van der Waals surface area contributed by atoms with Gasteiger partial charge in [0.25, 0.3) is 0 Å². The molecule has 6 heteroatoms. The summed E-state index contributed by atoms with van der Waals surface area (Å²) in [7, 11) is 0. The Morgan fingerprint density at radius 2 is 1.69 bits per heavy atom. The molecule has 0 spiro atoms. The number of aryl methyl sites for hydroxylation is 1. The van der Waals surface area contributed by atoms with Crippen molar-refractivity contribution < 1.29 is 14.3 Å². The zero-order valence-electron chi connectivity index (χ0n) is 16.1. The van der Waals surface area contributed by atoms with Crippen molar-refractivity contribution >= 4 is 5.91 Å². The van der Waals surface area contributed by atoms with Gasteiger partial charge in [0.15, 0.2) is 0 Å². The maximum atomic E-state index is 13.6. The number of rotatable bonds is 3. The van der Waals surface area contributed by atoms with Gasteiger partial charge >= 0.3 is 0 Å². The van der Waals surface area contributed by atoms with Crippen LogP contribution in [0.3, 0.4) is 0 Å². The van der Waals surface area contributed by atoms with Gasteiger partial charge in [0.2, 0.25) is 11.8 Å². The molecule has 2 aromatic carbocycles. The van der Waals surface area contributed by atoms with Crippen LogP contribution in [0.1, 0.15) is 29.2 Å². The van der Waals surface area contributed by atoms with Gasteiger partial charge in [-0.15, -0.1) is 5.10 Å². The van der Waals surface area contributed by atoms with Crippen molar-refractivity contribution in [1.82, 2.24) is 15.1 Å². The first-order valence-corrected chi connectivity index (χ1v) is 9.80. The van der Waals surface area contributed by atoms with Crippen LogP contribution in [0.5, 0.6) is 17.4 Å². The van der Waals surface area contributed by atoms with Crippen LogP contribution in [-0.4, -0.2) is 40.2 Å². The number of carbonyl (C=O) groups excluding carboxylic acids is 1. The first kappa shape index (κ1) is 17.7. The molecule has 0 radical (unpaired) electrons. The van der Waals surface area contributed by atoms with E-state index in [-0.39, 0.29) is 17.9 Å². The molecule has 1 amide bonds. The van der Waals surface area contributed by atoms with Crippen LogP contribution in [0.2, 0.25) is 0 Å². The molecule has 6 nitrogen and oxygen atoms in total. The molecule has 1 unspecified atom stereocenters. The van der Waals surface area contributed by atoms with Crippen molar-refractivity contribution in [2.24, 2.45) is 0 Å². The van der Waals surface area contributed by atoms with Crippen molar-refractivity contribution in [2.45, 2.75) is 25.4 Å². The number of aromatic nitrogens is 2. The third-order valence-electron chi connectivity index (χ3n) is 5.44. The van der Waals surface area contributed by atoms with E-state index in [2.05, 4.69) is 10.2 Å². The summed E-state index contributed by atoms with van der Waals surface area (Å²) in [5.41, 5.74) is 2.66. The quantitative estimate of drug-likeness (QED) is 0.686. The van der Waals surface area contributed by atoms with Gasteiger partial charge in [0.1, 0.15) is 17.6 Å². The molecule has 1 saturated heterocycles. The first-order chi connectivity index (χ1) is 14.2. The highest BCUT2D eigenvalue weighted by Gasteiger charge is 2.38. The Kier molecular flexibility index (Phi) is 4.39. The van der Waals surface area contributed by atoms with E-state index in [1.807, 2.05) is 72.5 Å². The molecule has 29 heavy (non-hydrogen) atoms. The number of fused-ring (bicyclic) bond motifs is 2. The Hall–Kier alpha value is -3.41. The van der Waals surface area contributed by atoms with Gasteiger partial charge < -0.3 is 14.4 Å². The molecule has 0 aliphatic carbocycles. The molecule has 1 fully saturated rings. The van der Waals surface area contributed by atoms with E-state index in [9.17, 15) is 4.79 Å². The third kappa shape index (κ3) is 3.31. The lowest BCUT2D eigenvalue weighted by molar-refractivity contribution is -0.131. The van der Waals surface area contributed by atoms with Crippen LogP contribution in [0.25, 0.3) is 0 Å². The van der Waals surface area contributed by atoms with Crippen LogP contribution in [0.15, 0.2) is 60.7 Å². The second-order valence-electron chi connectivity index (χ2n) is 7.44. The lowest BCUT2D eigenvalue weighted by atomic mass is 9.87. The Balaban J connectivity index is 1.38. The monoisotopic (exact) mass is 387 g/mol. The summed E-state index contributed by atoms with van der Waals surface area (Å²) in [6, 6.07) is 19.2. The summed E-state index contributed by atoms with van der Waals surface area (Å²) < 4.78 is 12.0. The zero-order valence-corrected chi connectivity index (χ0v) is 16.1. The number of para-hydroxylation sites is 2. The molecule has 3 heterocycles. The summed E-state index contributed by atoms with van der Waals surface area (Å²) in [5, 5.41) is 8.10. The minimum Gasteiger partial charge on any atom is -0.471 e. The summed E-state index contributed by atoms with van der Waals surface area (Å²) in [6.07, 6.45) is 0.689. The Morgan fingerprint density at radius 3 is 2.34 bits per heavy atom. The van der Waals surface area contributed by atoms with E-state index in [4.69, 9.17) is 9.47 Å². The van der Waals surface area contributed by atoms with E-state index >= 15 is 0 Å². The van der Waals surface area contributed by atoms with Gasteiger partial charge in [-0.05, 0) is 25.1 Å². The van der Waals surface area contributed by atoms with E-state index in [0.717, 1.165) is 34.7 Å². The Labute approximate surface area is 169 Å². The molecule has 146 valence electrons. The van der Waals surface area contributed by atoms with Gasteiger partial charge in [-0.3, -0.25) is 4.79 Å². The molecule has 2 aliphatic heterocycles. The molecule has 0 saturated carbocycles. The van der Waals surface area contributed by atoms with Crippen LogP contribution >= 0.6 is 0 Å². The van der Waals surface area contributed by atoms with Crippen LogP contribution in [0, 0.1) is 6.92 Å². The van der Waals surface area contributed by atoms with Gasteiger partial charge in [-0.2, -0.15) is 5.10 Å². The smallest absolute Gasteiger partial charge is 0.234 e. The summed E-state index contributed by atoms with van der Waals surface area (Å²) in [5.74, 6) is 1.69. The van der Waals surface area contributed by atoms with Crippen molar-refractivity contribution in [1.29, 1.82) is 0 Å². The molecule has 5 rings (SSSR count). The standard InChI is InChI=1S/C23H21N3O3/c1-15-10-11-21(25-24-15)28-16-12-13-26(14-16)23(27)22-17-6-2-4-8-19(17)29-20-9-5-3-7-18(20)22/h2-11,16,22H,12-14H2,1H3. The Bertz CT molecular complexity index is 1010. The van der Waals surface area contributed by atoms with Crippen molar-refractivity contribution in [3.63, 3.8) is 0 Å². The van der Waals surface area contributed by atoms with Crippen molar-refractivity contribution in [3.8, 4) is 17.4 Å². The fourth-order valence-electron chi connectivity index (χ4n) is 4.00. The fourth-order valence-corrected chi connectivity index (χ4v) is 4.00. The molecular formula is C23H21N3O3. The predicted octanol–water partition coefficient (Wildman–Crippen LogP) is 3.70. The molecule has 3 aromatic rings. The second kappa shape index (κ2) is 7.20. The highest BCUT2D eigenvalue weighted by atomic mass is 16.5. The maximum Gasteiger partial charge on any atom is 0.234 e. The van der Waals surface area contributed by atoms with Gasteiger partial charge in [0.05, 0.1) is 18.2 Å².